The summed E-state index contributed by atoms with van der Waals surface area (Å²) in [5.41, 5.74) is 2.54. The number of hydrogen-bond acceptors (Lipinski definition) is 2. The SMILES string of the molecule is O=C(c1ccc(C23CC4CC(CC(C4)C2)C3)o1)N1CCCc2ccccc21. The molecule has 1 aromatic carbocycles. The molecule has 2 aromatic rings. The summed E-state index contributed by atoms with van der Waals surface area (Å²) in [7, 11) is 0. The van der Waals surface area contributed by atoms with Gasteiger partial charge < -0.3 is 9.32 Å². The minimum absolute atomic E-state index is 0.0260. The van der Waals surface area contributed by atoms with Gasteiger partial charge in [0.1, 0.15) is 5.76 Å². The zero-order valence-corrected chi connectivity index (χ0v) is 15.8. The van der Waals surface area contributed by atoms with Crippen LogP contribution in [0.4, 0.5) is 5.69 Å². The molecule has 0 spiro atoms. The standard InChI is InChI=1S/C24H27NO2/c26-23(25-9-3-5-19-4-1-2-6-20(19)25)21-7-8-22(27-21)24-13-16-10-17(14-24)12-18(11-16)15-24/h1-2,4,6-8,16-18H,3,5,9-15H2. The highest BCUT2D eigenvalue weighted by Crippen LogP contribution is 2.60. The average Bonchev–Trinajstić information content (AvgIpc) is 3.17. The van der Waals surface area contributed by atoms with Gasteiger partial charge in [0, 0.05) is 17.6 Å². The Balaban J connectivity index is 1.31. The predicted octanol–water partition coefficient (Wildman–Crippen LogP) is 5.34. The van der Waals surface area contributed by atoms with Crippen LogP contribution in [0.2, 0.25) is 0 Å². The molecular formula is C24H27NO2. The molecule has 5 aliphatic rings. The Kier molecular flexibility index (Phi) is 3.39. The van der Waals surface area contributed by atoms with E-state index >= 15 is 0 Å². The second-order valence-corrected chi connectivity index (χ2v) is 9.55. The van der Waals surface area contributed by atoms with Crippen molar-refractivity contribution in [1.82, 2.24) is 0 Å². The molecule has 3 nitrogen and oxygen atoms in total. The lowest BCUT2D eigenvalue weighted by molar-refractivity contribution is -0.0154. The quantitative estimate of drug-likeness (QED) is 0.723. The first-order valence-electron chi connectivity index (χ1n) is 10.7. The first kappa shape index (κ1) is 16.0. The fraction of sp³-hybridized carbons (Fsp3) is 0.542. The first-order chi connectivity index (χ1) is 13.2. The van der Waals surface area contributed by atoms with E-state index in [9.17, 15) is 4.79 Å². The fourth-order valence-corrected chi connectivity index (χ4v) is 7.03. The summed E-state index contributed by atoms with van der Waals surface area (Å²) in [6.45, 7) is 0.781. The summed E-state index contributed by atoms with van der Waals surface area (Å²) in [4.78, 5) is 15.2. The van der Waals surface area contributed by atoms with E-state index in [4.69, 9.17) is 4.42 Å². The summed E-state index contributed by atoms with van der Waals surface area (Å²) in [5.74, 6) is 4.30. The Morgan fingerprint density at radius 1 is 0.963 bits per heavy atom. The summed E-state index contributed by atoms with van der Waals surface area (Å²) in [5, 5.41) is 0. The molecule has 1 aliphatic heterocycles. The van der Waals surface area contributed by atoms with Crippen molar-refractivity contribution in [2.75, 3.05) is 11.4 Å². The number of benzene rings is 1. The topological polar surface area (TPSA) is 33.5 Å². The lowest BCUT2D eigenvalue weighted by atomic mass is 9.49. The molecule has 1 aromatic heterocycles. The van der Waals surface area contributed by atoms with E-state index in [0.717, 1.165) is 48.6 Å². The van der Waals surface area contributed by atoms with Gasteiger partial charge in [0.2, 0.25) is 0 Å². The van der Waals surface area contributed by atoms with Crippen LogP contribution in [0.3, 0.4) is 0 Å². The van der Waals surface area contributed by atoms with Crippen LogP contribution < -0.4 is 4.90 Å². The summed E-state index contributed by atoms with van der Waals surface area (Å²) < 4.78 is 6.31. The van der Waals surface area contributed by atoms with E-state index in [1.165, 1.54) is 44.1 Å². The van der Waals surface area contributed by atoms with Crippen molar-refractivity contribution in [1.29, 1.82) is 0 Å². The van der Waals surface area contributed by atoms with Gasteiger partial charge in [-0.1, -0.05) is 18.2 Å². The highest BCUT2D eigenvalue weighted by molar-refractivity contribution is 6.05. The van der Waals surface area contributed by atoms with Crippen LogP contribution in [0.15, 0.2) is 40.8 Å². The molecule has 27 heavy (non-hydrogen) atoms. The van der Waals surface area contributed by atoms with Crippen molar-refractivity contribution in [3.63, 3.8) is 0 Å². The normalized spacial score (nSPS) is 33.9. The monoisotopic (exact) mass is 361 g/mol. The molecule has 140 valence electrons. The number of amides is 1. The molecule has 3 heteroatoms. The minimum Gasteiger partial charge on any atom is -0.455 e. The molecular weight excluding hydrogens is 334 g/mol. The van der Waals surface area contributed by atoms with Crippen LogP contribution in [0.1, 0.15) is 66.8 Å². The molecule has 1 amide bonds. The number of rotatable bonds is 2. The van der Waals surface area contributed by atoms with E-state index in [0.29, 0.717) is 5.76 Å². The first-order valence-corrected chi connectivity index (χ1v) is 10.7. The number of para-hydroxylation sites is 1. The zero-order chi connectivity index (χ0) is 18.0. The van der Waals surface area contributed by atoms with Gasteiger partial charge in [0.05, 0.1) is 0 Å². The van der Waals surface area contributed by atoms with Crippen LogP contribution in [0.5, 0.6) is 0 Å². The second kappa shape index (κ2) is 5.73. The number of fused-ring (bicyclic) bond motifs is 1. The number of aryl methyl sites for hydroxylation is 1. The van der Waals surface area contributed by atoms with Gasteiger partial charge in [0.15, 0.2) is 5.76 Å². The third kappa shape index (κ3) is 2.43. The molecule has 0 saturated heterocycles. The minimum atomic E-state index is 0.0260. The maximum atomic E-state index is 13.2. The lowest BCUT2D eigenvalue weighted by Crippen LogP contribution is -2.48. The second-order valence-electron chi connectivity index (χ2n) is 9.55. The van der Waals surface area contributed by atoms with Gasteiger partial charge in [-0.2, -0.15) is 0 Å². The Morgan fingerprint density at radius 3 is 2.41 bits per heavy atom. The lowest BCUT2D eigenvalue weighted by Gasteiger charge is -2.55. The fourth-order valence-electron chi connectivity index (χ4n) is 7.03. The Morgan fingerprint density at radius 2 is 1.67 bits per heavy atom. The van der Waals surface area contributed by atoms with Crippen molar-refractivity contribution in [3.8, 4) is 0 Å². The molecule has 2 heterocycles. The molecule has 4 fully saturated rings. The smallest absolute Gasteiger partial charge is 0.293 e. The van der Waals surface area contributed by atoms with Gasteiger partial charge in [0.25, 0.3) is 5.91 Å². The number of carbonyl (C=O) groups excluding carboxylic acids is 1. The largest absolute Gasteiger partial charge is 0.455 e. The van der Waals surface area contributed by atoms with Gasteiger partial charge in [-0.25, -0.2) is 0 Å². The number of anilines is 1. The van der Waals surface area contributed by atoms with Crippen LogP contribution in [-0.2, 0) is 11.8 Å². The van der Waals surface area contributed by atoms with Crippen molar-refractivity contribution >= 4 is 11.6 Å². The van der Waals surface area contributed by atoms with Gasteiger partial charge >= 0.3 is 0 Å². The highest BCUT2D eigenvalue weighted by atomic mass is 16.4. The third-order valence-corrected chi connectivity index (χ3v) is 7.73. The third-order valence-electron chi connectivity index (χ3n) is 7.73. The van der Waals surface area contributed by atoms with Crippen molar-refractivity contribution in [3.05, 3.63) is 53.5 Å². The summed E-state index contributed by atoms with van der Waals surface area (Å²) in [6, 6.07) is 12.3. The van der Waals surface area contributed by atoms with Gasteiger partial charge in [-0.3, -0.25) is 4.79 Å². The molecule has 4 bridgehead atoms. The van der Waals surface area contributed by atoms with E-state index in [1.807, 2.05) is 17.0 Å². The molecule has 7 rings (SSSR count). The Labute approximate surface area is 160 Å². The van der Waals surface area contributed by atoms with E-state index < -0.39 is 0 Å². The predicted molar refractivity (Wildman–Crippen MR) is 105 cm³/mol. The van der Waals surface area contributed by atoms with Crippen molar-refractivity contribution < 1.29 is 9.21 Å². The summed E-state index contributed by atoms with van der Waals surface area (Å²) >= 11 is 0. The molecule has 4 saturated carbocycles. The van der Waals surface area contributed by atoms with Gasteiger partial charge in [-0.05, 0) is 92.9 Å². The zero-order valence-electron chi connectivity index (χ0n) is 15.8. The van der Waals surface area contributed by atoms with Crippen molar-refractivity contribution in [2.45, 2.75) is 56.8 Å². The molecule has 0 radical (unpaired) electrons. The van der Waals surface area contributed by atoms with E-state index in [1.54, 1.807) is 0 Å². The number of carbonyl (C=O) groups is 1. The van der Waals surface area contributed by atoms with Crippen molar-refractivity contribution in [2.24, 2.45) is 17.8 Å². The Bertz CT molecular complexity index is 860. The Hall–Kier alpha value is -2.03. The van der Waals surface area contributed by atoms with Crippen LogP contribution in [0, 0.1) is 17.8 Å². The van der Waals surface area contributed by atoms with E-state index in [-0.39, 0.29) is 11.3 Å². The maximum absolute atomic E-state index is 13.2. The molecule has 0 N–H and O–H groups in total. The number of nitrogens with zero attached hydrogens (tertiary/aromatic N) is 1. The number of furan rings is 1. The molecule has 0 unspecified atom stereocenters. The van der Waals surface area contributed by atoms with Crippen LogP contribution in [0.25, 0.3) is 0 Å². The highest BCUT2D eigenvalue weighted by Gasteiger charge is 2.53. The van der Waals surface area contributed by atoms with Crippen LogP contribution in [-0.4, -0.2) is 12.5 Å². The molecule has 0 atom stereocenters. The average molecular weight is 361 g/mol. The number of hydrogen-bond donors (Lipinski definition) is 0. The van der Waals surface area contributed by atoms with Gasteiger partial charge in [-0.15, -0.1) is 0 Å². The molecule has 4 aliphatic carbocycles. The summed E-state index contributed by atoms with van der Waals surface area (Å²) in [6.07, 6.45) is 10.2. The van der Waals surface area contributed by atoms with Crippen LogP contribution >= 0.6 is 0 Å². The maximum Gasteiger partial charge on any atom is 0.293 e. The van der Waals surface area contributed by atoms with E-state index in [2.05, 4.69) is 24.3 Å².